The summed E-state index contributed by atoms with van der Waals surface area (Å²) < 4.78 is 21.1. The summed E-state index contributed by atoms with van der Waals surface area (Å²) in [6.45, 7) is 13.2. The Bertz CT molecular complexity index is 4710. The van der Waals surface area contributed by atoms with Crippen molar-refractivity contribution >= 4 is 108 Å². The number of ether oxygens (including phenoxy) is 3. The monoisotopic (exact) mass is 1450 g/mol. The van der Waals surface area contributed by atoms with Gasteiger partial charge in [-0.3, -0.25) is 33.8 Å². The van der Waals surface area contributed by atoms with Gasteiger partial charge in [0, 0.05) is 127 Å². The minimum atomic E-state index is -0.627. The van der Waals surface area contributed by atoms with Crippen LogP contribution in [0.3, 0.4) is 0 Å². The van der Waals surface area contributed by atoms with Gasteiger partial charge in [0.15, 0.2) is 0 Å². The van der Waals surface area contributed by atoms with Crippen LogP contribution in [0.15, 0.2) is 147 Å². The molecule has 6 aromatic heterocycles. The molecule has 3 aromatic carbocycles. The van der Waals surface area contributed by atoms with Crippen molar-refractivity contribution in [1.29, 1.82) is 0 Å². The summed E-state index contributed by atoms with van der Waals surface area (Å²) in [6.07, 6.45) is 16.2. The van der Waals surface area contributed by atoms with E-state index >= 15 is 0 Å². The standard InChI is InChI=1S/C29H35N3O4S.C28H33N3O4S.C23H24N4O4/c1-2-36-29(35)25-26(30-16-18-31(19-17-30)27(33)24-13-8-20-37-24)22-11-6-7-12-23(22)32(28(25)34)15-14-21-9-4-3-5-10-21;1-2-35-28(34)24-25(29-14-16-30(17-15-29)26(32)23-13-8-18-36-23)21-11-6-7-12-22(21)31(27(24)33)19-20-9-4-3-5-10-20;1-3-31-23(30)19-20(17-8-4-5-9-18(17)25(2)22(19)29)26-11-13-27(14-12-26)21(28)16-7-6-10-24-15-16/h6-8,11-13,20-21H,2-5,9-10,14-19H2,1H3;6-8,11-13,18,20H,2-5,9-10,14-17,19H2,1H3;4-10,15H,3,11-14H2,1-2H3. The molecule has 5 aliphatic rings. The molecule has 2 aliphatic carbocycles. The fourth-order valence-electron chi connectivity index (χ4n) is 15.4. The van der Waals surface area contributed by atoms with Crippen LogP contribution in [0.25, 0.3) is 32.7 Å². The lowest BCUT2D eigenvalue weighted by molar-refractivity contribution is 0.0514. The number of aryl methyl sites for hydroxylation is 2. The first kappa shape index (κ1) is 73.8. The van der Waals surface area contributed by atoms with E-state index in [1.165, 1.54) is 78.6 Å². The van der Waals surface area contributed by atoms with Crippen LogP contribution in [-0.4, -0.2) is 167 Å². The van der Waals surface area contributed by atoms with Crippen molar-refractivity contribution in [2.75, 3.05) is 113 Å². The molecule has 0 radical (unpaired) electrons. The van der Waals surface area contributed by atoms with Gasteiger partial charge < -0.3 is 57.3 Å². The van der Waals surface area contributed by atoms with E-state index in [4.69, 9.17) is 14.2 Å². The summed E-state index contributed by atoms with van der Waals surface area (Å²) in [6, 6.07) is 34.2. The minimum absolute atomic E-state index is 0.0306. The van der Waals surface area contributed by atoms with Gasteiger partial charge in [-0.1, -0.05) is 118 Å². The fourth-order valence-corrected chi connectivity index (χ4v) is 16.8. The summed E-state index contributed by atoms with van der Waals surface area (Å²) in [5.41, 5.74) is 4.16. The summed E-state index contributed by atoms with van der Waals surface area (Å²) >= 11 is 2.89. The van der Waals surface area contributed by atoms with E-state index < -0.39 is 17.9 Å². The highest BCUT2D eigenvalue weighted by Gasteiger charge is 2.35. The highest BCUT2D eigenvalue weighted by Crippen LogP contribution is 2.36. The molecule has 2 saturated carbocycles. The Kier molecular flexibility index (Phi) is 24.5. The number of aromatic nitrogens is 4. The Labute approximate surface area is 612 Å². The van der Waals surface area contributed by atoms with Crippen molar-refractivity contribution in [3.63, 3.8) is 0 Å². The first-order chi connectivity index (χ1) is 50.7. The lowest BCUT2D eigenvalue weighted by Crippen LogP contribution is -2.49. The van der Waals surface area contributed by atoms with Crippen LogP contribution in [0, 0.1) is 11.8 Å². The third-order valence-electron chi connectivity index (χ3n) is 20.7. The summed E-state index contributed by atoms with van der Waals surface area (Å²) in [4.78, 5) is 136. The number of anilines is 3. The van der Waals surface area contributed by atoms with Gasteiger partial charge in [0.25, 0.3) is 34.4 Å². The molecular formula is C80H92N10O12S2. The normalized spacial score (nSPS) is 16.0. The van der Waals surface area contributed by atoms with Crippen LogP contribution in [-0.2, 0) is 34.3 Å². The van der Waals surface area contributed by atoms with E-state index in [9.17, 15) is 43.2 Å². The Hall–Kier alpha value is -9.94. The lowest BCUT2D eigenvalue weighted by Gasteiger charge is -2.37. The Morgan fingerprint density at radius 3 is 1.25 bits per heavy atom. The second-order valence-corrected chi connectivity index (χ2v) is 28.8. The van der Waals surface area contributed by atoms with Crippen molar-refractivity contribution < 1.29 is 43.0 Å². The number of carbonyl (C=O) groups is 6. The van der Waals surface area contributed by atoms with Gasteiger partial charge in [-0.05, 0) is 105 Å². The zero-order chi connectivity index (χ0) is 72.8. The van der Waals surface area contributed by atoms with Crippen LogP contribution < -0.4 is 31.4 Å². The molecule has 0 atom stereocenters. The molecule has 0 unspecified atom stereocenters. The summed E-state index contributed by atoms with van der Waals surface area (Å²) in [7, 11) is 1.65. The number of amides is 3. The second kappa shape index (κ2) is 34.6. The molecule has 9 heterocycles. The second-order valence-electron chi connectivity index (χ2n) is 27.0. The minimum Gasteiger partial charge on any atom is -0.462 e. The number of pyridine rings is 4. The van der Waals surface area contributed by atoms with Gasteiger partial charge in [0.1, 0.15) is 16.7 Å². The Balaban J connectivity index is 0.000000147. The van der Waals surface area contributed by atoms with E-state index in [1.54, 1.807) is 66.4 Å². The molecule has 0 N–H and O–H groups in total. The van der Waals surface area contributed by atoms with Crippen LogP contribution in [0.2, 0.25) is 0 Å². The molecule has 546 valence electrons. The number of hydrogen-bond donors (Lipinski definition) is 0. The lowest BCUT2D eigenvalue weighted by atomic mass is 9.87. The molecule has 14 rings (SSSR count). The number of piperazine rings is 3. The SMILES string of the molecule is CCOC(=O)c1c(N2CCN(C(=O)c3cccnc3)CC2)c2ccccc2n(C)c1=O.CCOC(=O)c1c(N2CCN(C(=O)c3cccs3)CC2)c2ccccc2n(CC2CCCCC2)c1=O.CCOC(=O)c1c(N2CCN(C(=O)c3cccs3)CC2)c2ccccc2n(CCC2CCCCC2)c1=O. The number of hydrogen-bond acceptors (Lipinski definition) is 18. The summed E-state index contributed by atoms with van der Waals surface area (Å²) in [5.74, 6) is -0.725. The van der Waals surface area contributed by atoms with Crippen molar-refractivity contribution in [3.8, 4) is 0 Å². The topological polar surface area (TPSA) is 228 Å². The van der Waals surface area contributed by atoms with Gasteiger partial charge in [0.05, 0.1) is 68.8 Å². The van der Waals surface area contributed by atoms with Crippen LogP contribution in [0.5, 0.6) is 0 Å². The van der Waals surface area contributed by atoms with E-state index in [2.05, 4.69) is 14.8 Å². The fraction of sp³-hybridized carbons (Fsp3) is 0.425. The zero-order valence-corrected chi connectivity index (χ0v) is 61.5. The Morgan fingerprint density at radius 2 is 0.827 bits per heavy atom. The molecule has 0 bridgehead atoms. The maximum atomic E-state index is 13.9. The highest BCUT2D eigenvalue weighted by molar-refractivity contribution is 7.12. The molecule has 0 spiro atoms. The van der Waals surface area contributed by atoms with E-state index in [-0.39, 0.29) is 70.9 Å². The van der Waals surface area contributed by atoms with Gasteiger partial charge >= 0.3 is 17.9 Å². The van der Waals surface area contributed by atoms with Crippen LogP contribution in [0.4, 0.5) is 17.1 Å². The van der Waals surface area contributed by atoms with Crippen LogP contribution >= 0.6 is 22.7 Å². The number of thiophene rings is 2. The van der Waals surface area contributed by atoms with Gasteiger partial charge in [0.2, 0.25) is 0 Å². The number of esters is 3. The quantitative estimate of drug-likeness (QED) is 0.0609. The average Bonchev–Trinajstić information content (AvgIpc) is 0.797. The van der Waals surface area contributed by atoms with Crippen LogP contribution in [0.1, 0.15) is 152 Å². The number of benzene rings is 3. The molecule has 9 aromatic rings. The maximum absolute atomic E-state index is 13.9. The van der Waals surface area contributed by atoms with E-state index in [1.807, 2.05) is 123 Å². The average molecular weight is 1450 g/mol. The van der Waals surface area contributed by atoms with Crippen molar-refractivity contribution in [2.24, 2.45) is 18.9 Å². The van der Waals surface area contributed by atoms with Gasteiger partial charge in [-0.2, -0.15) is 0 Å². The number of fused-ring (bicyclic) bond motifs is 3. The molecule has 22 nitrogen and oxygen atoms in total. The van der Waals surface area contributed by atoms with Crippen molar-refractivity contribution in [1.82, 2.24) is 33.4 Å². The predicted molar refractivity (Wildman–Crippen MR) is 408 cm³/mol. The molecule has 5 fully saturated rings. The first-order valence-electron chi connectivity index (χ1n) is 36.7. The molecule has 104 heavy (non-hydrogen) atoms. The van der Waals surface area contributed by atoms with E-state index in [0.717, 1.165) is 61.7 Å². The van der Waals surface area contributed by atoms with Crippen molar-refractivity contribution in [3.05, 3.63) is 195 Å². The first-order valence-corrected chi connectivity index (χ1v) is 38.5. The predicted octanol–water partition coefficient (Wildman–Crippen LogP) is 12.0. The van der Waals surface area contributed by atoms with Crippen molar-refractivity contribution in [2.45, 2.75) is 104 Å². The number of para-hydroxylation sites is 3. The van der Waals surface area contributed by atoms with Gasteiger partial charge in [-0.25, -0.2) is 14.4 Å². The Morgan fingerprint density at radius 1 is 0.433 bits per heavy atom. The summed E-state index contributed by atoms with van der Waals surface area (Å²) in [5, 5.41) is 6.38. The molecule has 3 aliphatic heterocycles. The zero-order valence-electron chi connectivity index (χ0n) is 59.8. The molecule has 24 heteroatoms. The largest absolute Gasteiger partial charge is 0.462 e. The third kappa shape index (κ3) is 16.2. The molecule has 3 saturated heterocycles. The maximum Gasteiger partial charge on any atom is 0.345 e. The smallest absolute Gasteiger partial charge is 0.345 e. The highest BCUT2D eigenvalue weighted by atomic mass is 32.1. The molecular weight excluding hydrogens is 1360 g/mol. The van der Waals surface area contributed by atoms with E-state index in [0.29, 0.717) is 126 Å². The number of carbonyl (C=O) groups excluding carboxylic acids is 6. The van der Waals surface area contributed by atoms with Gasteiger partial charge in [-0.15, -0.1) is 22.7 Å². The number of nitrogens with zero attached hydrogens (tertiary/aromatic N) is 10. The number of rotatable bonds is 17. The molecule has 3 amide bonds. The third-order valence-corrected chi connectivity index (χ3v) is 22.4.